The molecule has 60 valence electrons. The van der Waals surface area contributed by atoms with Crippen LogP contribution in [0, 0.1) is 5.92 Å². The molecule has 1 heterocycles. The lowest BCUT2D eigenvalue weighted by Gasteiger charge is -2.02. The minimum atomic E-state index is -0.112. The van der Waals surface area contributed by atoms with Crippen molar-refractivity contribution in [2.75, 3.05) is 0 Å². The van der Waals surface area contributed by atoms with E-state index in [9.17, 15) is 4.79 Å². The van der Waals surface area contributed by atoms with E-state index in [2.05, 4.69) is 4.99 Å². The maximum atomic E-state index is 11.0. The average Bonchev–Trinajstić information content (AvgIpc) is 2.11. The van der Waals surface area contributed by atoms with Crippen LogP contribution in [0.15, 0.2) is 17.1 Å². The number of nitrogens with zero attached hydrogens (tertiary/aromatic N) is 1. The number of amidine groups is 1. The average molecular weight is 152 g/mol. The number of hydrogen-bond donors (Lipinski definition) is 1. The second-order valence-corrected chi connectivity index (χ2v) is 2.66. The van der Waals surface area contributed by atoms with Crippen LogP contribution in [0.1, 0.15) is 19.8 Å². The molecule has 0 spiro atoms. The van der Waals surface area contributed by atoms with Gasteiger partial charge in [-0.05, 0) is 18.4 Å². The molecule has 11 heavy (non-hydrogen) atoms. The number of hydrogen-bond acceptors (Lipinski definition) is 2. The summed E-state index contributed by atoms with van der Waals surface area (Å²) in [5, 5.41) is 0. The molecule has 0 aromatic rings. The first-order chi connectivity index (χ1) is 5.22. The van der Waals surface area contributed by atoms with Crippen molar-refractivity contribution in [2.45, 2.75) is 19.8 Å². The minimum Gasteiger partial charge on any atom is -0.384 e. The van der Waals surface area contributed by atoms with Gasteiger partial charge in [0, 0.05) is 6.42 Å². The van der Waals surface area contributed by atoms with Gasteiger partial charge in [-0.1, -0.05) is 13.0 Å². The van der Waals surface area contributed by atoms with Crippen molar-refractivity contribution >= 4 is 11.7 Å². The highest BCUT2D eigenvalue weighted by Gasteiger charge is 2.11. The van der Waals surface area contributed by atoms with Gasteiger partial charge in [0.25, 0.3) is 0 Å². The van der Waals surface area contributed by atoms with E-state index in [-0.39, 0.29) is 5.91 Å². The molecule has 1 rings (SSSR count). The van der Waals surface area contributed by atoms with E-state index >= 15 is 0 Å². The number of allylic oxidation sites excluding steroid dienone is 1. The van der Waals surface area contributed by atoms with Gasteiger partial charge in [-0.25, -0.2) is 0 Å². The fraction of sp³-hybridized carbons (Fsp3) is 0.500. The Morgan fingerprint density at radius 2 is 2.55 bits per heavy atom. The zero-order chi connectivity index (χ0) is 8.27. The summed E-state index contributed by atoms with van der Waals surface area (Å²) < 4.78 is 0. The lowest BCUT2D eigenvalue weighted by atomic mass is 10.0. The number of carbonyl (C=O) groups excluding carboxylic acids is 1. The molecular formula is C8H12N2O. The Kier molecular flexibility index (Phi) is 2.41. The molecule has 2 N–H and O–H groups in total. The van der Waals surface area contributed by atoms with Gasteiger partial charge in [0.2, 0.25) is 5.91 Å². The quantitative estimate of drug-likeness (QED) is 0.605. The third kappa shape index (κ3) is 2.18. The van der Waals surface area contributed by atoms with E-state index in [1.165, 1.54) is 0 Å². The van der Waals surface area contributed by atoms with Gasteiger partial charge in [0.05, 0.1) is 0 Å². The second kappa shape index (κ2) is 3.32. The summed E-state index contributed by atoms with van der Waals surface area (Å²) in [6, 6.07) is 0. The van der Waals surface area contributed by atoms with Gasteiger partial charge < -0.3 is 5.73 Å². The third-order valence-corrected chi connectivity index (χ3v) is 1.75. The molecule has 0 aromatic heterocycles. The smallest absolute Gasteiger partial charge is 0.248 e. The molecule has 0 saturated carbocycles. The minimum absolute atomic E-state index is 0.112. The molecular weight excluding hydrogens is 140 g/mol. The first kappa shape index (κ1) is 7.98. The van der Waals surface area contributed by atoms with Crippen LogP contribution in [0.5, 0.6) is 0 Å². The van der Waals surface area contributed by atoms with Gasteiger partial charge >= 0.3 is 0 Å². The molecule has 0 fully saturated rings. The van der Waals surface area contributed by atoms with E-state index in [1.807, 2.05) is 13.0 Å². The summed E-state index contributed by atoms with van der Waals surface area (Å²) in [6.07, 6.45) is 5.11. The van der Waals surface area contributed by atoms with Gasteiger partial charge in [0.1, 0.15) is 5.84 Å². The monoisotopic (exact) mass is 152 g/mol. The SMILES string of the molecule is CCC1C=CC(N)=NC(=O)C1. The normalized spacial score (nSPS) is 24.6. The van der Waals surface area contributed by atoms with Gasteiger partial charge in [-0.2, -0.15) is 4.99 Å². The Bertz CT molecular complexity index is 218. The Morgan fingerprint density at radius 3 is 3.18 bits per heavy atom. The summed E-state index contributed by atoms with van der Waals surface area (Å²) in [7, 11) is 0. The van der Waals surface area contributed by atoms with E-state index in [0.717, 1.165) is 6.42 Å². The number of nitrogens with two attached hydrogens (primary N) is 1. The third-order valence-electron chi connectivity index (χ3n) is 1.75. The summed E-state index contributed by atoms with van der Waals surface area (Å²) in [5.41, 5.74) is 5.38. The van der Waals surface area contributed by atoms with Crippen LogP contribution in [0.3, 0.4) is 0 Å². The number of rotatable bonds is 1. The topological polar surface area (TPSA) is 55.4 Å². The number of carbonyl (C=O) groups is 1. The first-order valence-corrected chi connectivity index (χ1v) is 3.77. The molecule has 1 unspecified atom stereocenters. The van der Waals surface area contributed by atoms with Crippen LogP contribution >= 0.6 is 0 Å². The number of amides is 1. The van der Waals surface area contributed by atoms with Crippen LogP contribution in [-0.4, -0.2) is 11.7 Å². The van der Waals surface area contributed by atoms with Gasteiger partial charge in [-0.3, -0.25) is 4.79 Å². The van der Waals surface area contributed by atoms with Crippen molar-refractivity contribution < 1.29 is 4.79 Å². The predicted molar refractivity (Wildman–Crippen MR) is 44.2 cm³/mol. The summed E-state index contributed by atoms with van der Waals surface area (Å²) in [4.78, 5) is 14.6. The van der Waals surface area contributed by atoms with Crippen molar-refractivity contribution in [3.8, 4) is 0 Å². The van der Waals surface area contributed by atoms with E-state index < -0.39 is 0 Å². The van der Waals surface area contributed by atoms with Crippen LogP contribution in [0.4, 0.5) is 0 Å². The lowest BCUT2D eigenvalue weighted by Crippen LogP contribution is -2.09. The van der Waals surface area contributed by atoms with E-state index in [0.29, 0.717) is 18.2 Å². The van der Waals surface area contributed by atoms with Gasteiger partial charge in [0.15, 0.2) is 0 Å². The summed E-state index contributed by atoms with van der Waals surface area (Å²) in [6.45, 7) is 2.05. The van der Waals surface area contributed by atoms with Crippen LogP contribution in [0.2, 0.25) is 0 Å². The van der Waals surface area contributed by atoms with Gasteiger partial charge in [-0.15, -0.1) is 0 Å². The maximum Gasteiger partial charge on any atom is 0.248 e. The molecule has 3 nitrogen and oxygen atoms in total. The Hall–Kier alpha value is -1.12. The molecule has 3 heteroatoms. The second-order valence-electron chi connectivity index (χ2n) is 2.66. The molecule has 1 atom stereocenters. The molecule has 0 bridgehead atoms. The fourth-order valence-electron chi connectivity index (χ4n) is 1.03. The Balaban J connectivity index is 2.72. The van der Waals surface area contributed by atoms with Crippen molar-refractivity contribution in [1.29, 1.82) is 0 Å². The number of aliphatic imine (C=N–C) groups is 1. The Labute approximate surface area is 66.0 Å². The molecule has 0 saturated heterocycles. The highest BCUT2D eigenvalue weighted by Crippen LogP contribution is 2.12. The summed E-state index contributed by atoms with van der Waals surface area (Å²) in [5.74, 6) is 0.526. The lowest BCUT2D eigenvalue weighted by molar-refractivity contribution is -0.118. The fourth-order valence-corrected chi connectivity index (χ4v) is 1.03. The maximum absolute atomic E-state index is 11.0. The summed E-state index contributed by atoms with van der Waals surface area (Å²) >= 11 is 0. The highest BCUT2D eigenvalue weighted by molar-refractivity contribution is 6.00. The van der Waals surface area contributed by atoms with Crippen molar-refractivity contribution in [3.05, 3.63) is 12.2 Å². The molecule has 1 amide bonds. The molecule has 1 aliphatic heterocycles. The van der Waals surface area contributed by atoms with Crippen LogP contribution in [0.25, 0.3) is 0 Å². The van der Waals surface area contributed by atoms with Crippen molar-refractivity contribution in [3.63, 3.8) is 0 Å². The van der Waals surface area contributed by atoms with E-state index in [1.54, 1.807) is 6.08 Å². The molecule has 0 aromatic carbocycles. The standard InChI is InChI=1S/C8H12N2O/c1-2-6-3-4-7(9)10-8(11)5-6/h3-4,6H,2,5H2,1H3,(H2,9,10,11). The molecule has 1 aliphatic rings. The first-order valence-electron chi connectivity index (χ1n) is 3.77. The van der Waals surface area contributed by atoms with E-state index in [4.69, 9.17) is 5.73 Å². The zero-order valence-corrected chi connectivity index (χ0v) is 6.58. The largest absolute Gasteiger partial charge is 0.384 e. The molecule has 0 radical (unpaired) electrons. The zero-order valence-electron chi connectivity index (χ0n) is 6.58. The van der Waals surface area contributed by atoms with Crippen LogP contribution in [-0.2, 0) is 4.79 Å². The highest BCUT2D eigenvalue weighted by atomic mass is 16.1. The van der Waals surface area contributed by atoms with Crippen molar-refractivity contribution in [2.24, 2.45) is 16.6 Å². The molecule has 0 aliphatic carbocycles. The van der Waals surface area contributed by atoms with Crippen LogP contribution < -0.4 is 5.73 Å². The Morgan fingerprint density at radius 1 is 1.82 bits per heavy atom. The van der Waals surface area contributed by atoms with Crippen molar-refractivity contribution in [1.82, 2.24) is 0 Å². The predicted octanol–water partition coefficient (Wildman–Crippen LogP) is 0.856.